The summed E-state index contributed by atoms with van der Waals surface area (Å²) in [7, 11) is 1.99. The first-order valence-corrected chi connectivity index (χ1v) is 9.84. The largest absolute Gasteiger partial charge is 0.350 e. The van der Waals surface area contributed by atoms with Gasteiger partial charge in [0.05, 0.1) is 24.0 Å². The van der Waals surface area contributed by atoms with Crippen molar-refractivity contribution in [2.75, 3.05) is 19.0 Å². The zero-order valence-electron chi connectivity index (χ0n) is 16.4. The highest BCUT2D eigenvalue weighted by molar-refractivity contribution is 5.82. The van der Waals surface area contributed by atoms with Gasteiger partial charge < -0.3 is 15.2 Å². The summed E-state index contributed by atoms with van der Waals surface area (Å²) in [6, 6.07) is 6.81. The predicted octanol–water partition coefficient (Wildman–Crippen LogP) is 2.58. The quantitative estimate of drug-likeness (QED) is 0.523. The Hall–Kier alpha value is -3.07. The van der Waals surface area contributed by atoms with Crippen LogP contribution in [0.1, 0.15) is 18.7 Å². The van der Waals surface area contributed by atoms with Crippen molar-refractivity contribution in [3.8, 4) is 11.3 Å². The topological polar surface area (TPSA) is 85.0 Å². The van der Waals surface area contributed by atoms with Gasteiger partial charge in [-0.05, 0) is 45.0 Å². The molecular formula is C20H23FN8. The molecule has 0 saturated heterocycles. The number of rotatable bonds is 6. The van der Waals surface area contributed by atoms with Gasteiger partial charge in [0.15, 0.2) is 5.65 Å². The van der Waals surface area contributed by atoms with E-state index in [1.165, 1.54) is 0 Å². The van der Waals surface area contributed by atoms with Crippen LogP contribution in [0.4, 0.5) is 10.3 Å². The minimum absolute atomic E-state index is 0.253. The number of nitrogens with one attached hydrogen (secondary N) is 2. The Kier molecular flexibility index (Phi) is 4.39. The van der Waals surface area contributed by atoms with Crippen LogP contribution in [-0.4, -0.2) is 54.9 Å². The fourth-order valence-corrected chi connectivity index (χ4v) is 3.95. The number of halogens is 1. The molecule has 9 heteroatoms. The predicted molar refractivity (Wildman–Crippen MR) is 110 cm³/mol. The van der Waals surface area contributed by atoms with E-state index in [0.29, 0.717) is 23.7 Å². The maximum Gasteiger partial charge on any atom is 0.241 e. The standard InChI is InChI=1S/C20H23FN8/c1-12-24-17-4-3-16(26-19(17)28(12)8-6-21)15-5-7-29-18(15)11-23-20(27-29)25-14-9-13(10-14)22-2/h3-5,7,11,13-14,22H,6,8-10H2,1-2H3,(H,25,27)/t13-,14+. The SMILES string of the molecule is CN[C@H]1C[C@@H](Nc2ncc3c(-c4ccc5nc(C)n(CCF)c5n4)ccn3n2)C1. The zero-order valence-corrected chi connectivity index (χ0v) is 16.4. The lowest BCUT2D eigenvalue weighted by molar-refractivity contribution is 0.325. The molecular weight excluding hydrogens is 371 g/mol. The number of aryl methyl sites for hydroxylation is 2. The van der Waals surface area contributed by atoms with Crippen LogP contribution in [0.2, 0.25) is 0 Å². The molecule has 5 rings (SSSR count). The van der Waals surface area contributed by atoms with Crippen molar-refractivity contribution in [1.29, 1.82) is 0 Å². The summed E-state index contributed by atoms with van der Waals surface area (Å²) in [5.74, 6) is 1.39. The van der Waals surface area contributed by atoms with Gasteiger partial charge in [0.2, 0.25) is 5.95 Å². The lowest BCUT2D eigenvalue weighted by Gasteiger charge is -2.35. The Bertz CT molecular complexity index is 1170. The van der Waals surface area contributed by atoms with Crippen molar-refractivity contribution in [3.05, 3.63) is 36.4 Å². The second-order valence-electron chi connectivity index (χ2n) is 7.48. The Labute approximate surface area is 167 Å². The molecule has 0 aliphatic heterocycles. The lowest BCUT2D eigenvalue weighted by atomic mass is 9.87. The van der Waals surface area contributed by atoms with Crippen molar-refractivity contribution < 1.29 is 4.39 Å². The third kappa shape index (κ3) is 3.11. The molecule has 0 unspecified atom stereocenters. The van der Waals surface area contributed by atoms with E-state index < -0.39 is 6.67 Å². The van der Waals surface area contributed by atoms with Crippen molar-refractivity contribution in [3.63, 3.8) is 0 Å². The van der Waals surface area contributed by atoms with Crippen molar-refractivity contribution >= 4 is 22.6 Å². The minimum Gasteiger partial charge on any atom is -0.350 e. The highest BCUT2D eigenvalue weighted by atomic mass is 19.1. The average Bonchev–Trinajstić information content (AvgIpc) is 3.25. The number of pyridine rings is 1. The molecule has 4 heterocycles. The van der Waals surface area contributed by atoms with Crippen molar-refractivity contribution in [1.82, 2.24) is 34.4 Å². The average molecular weight is 394 g/mol. The van der Waals surface area contributed by atoms with E-state index in [4.69, 9.17) is 4.98 Å². The van der Waals surface area contributed by atoms with E-state index in [-0.39, 0.29) is 6.54 Å². The monoisotopic (exact) mass is 394 g/mol. The maximum absolute atomic E-state index is 12.9. The summed E-state index contributed by atoms with van der Waals surface area (Å²) in [6.45, 7) is 1.67. The van der Waals surface area contributed by atoms with E-state index in [2.05, 4.69) is 25.7 Å². The first kappa shape index (κ1) is 18.0. The van der Waals surface area contributed by atoms with Crippen LogP contribution in [0.3, 0.4) is 0 Å². The molecule has 0 amide bonds. The summed E-state index contributed by atoms with van der Waals surface area (Å²) in [5.41, 5.74) is 4.06. The number of alkyl halides is 1. The van der Waals surface area contributed by atoms with Crippen molar-refractivity contribution in [2.24, 2.45) is 0 Å². The van der Waals surface area contributed by atoms with Gasteiger partial charge in [-0.15, -0.1) is 5.10 Å². The summed E-state index contributed by atoms with van der Waals surface area (Å²) in [5, 5.41) is 11.2. The molecule has 0 atom stereocenters. The van der Waals surface area contributed by atoms with Gasteiger partial charge in [-0.1, -0.05) is 0 Å². The second kappa shape index (κ2) is 7.07. The van der Waals surface area contributed by atoms with Crippen LogP contribution >= 0.6 is 0 Å². The van der Waals surface area contributed by atoms with E-state index in [0.717, 1.165) is 41.0 Å². The van der Waals surface area contributed by atoms with E-state index >= 15 is 0 Å². The van der Waals surface area contributed by atoms with Crippen LogP contribution in [0, 0.1) is 6.92 Å². The zero-order chi connectivity index (χ0) is 20.0. The van der Waals surface area contributed by atoms with Gasteiger partial charge in [-0.3, -0.25) is 0 Å². The maximum atomic E-state index is 12.9. The Morgan fingerprint density at radius 1 is 1.17 bits per heavy atom. The second-order valence-corrected chi connectivity index (χ2v) is 7.48. The van der Waals surface area contributed by atoms with E-state index in [1.807, 2.05) is 53.6 Å². The van der Waals surface area contributed by atoms with E-state index in [1.54, 1.807) is 0 Å². The third-order valence-corrected chi connectivity index (χ3v) is 5.66. The van der Waals surface area contributed by atoms with Gasteiger partial charge in [0.25, 0.3) is 0 Å². The van der Waals surface area contributed by atoms with Crippen LogP contribution in [-0.2, 0) is 6.54 Å². The Morgan fingerprint density at radius 2 is 2.03 bits per heavy atom. The summed E-state index contributed by atoms with van der Waals surface area (Å²) >= 11 is 0. The lowest BCUT2D eigenvalue weighted by Crippen LogP contribution is -2.46. The number of nitrogens with zero attached hydrogens (tertiary/aromatic N) is 6. The first-order chi connectivity index (χ1) is 14.2. The number of imidazole rings is 1. The van der Waals surface area contributed by atoms with Gasteiger partial charge in [-0.25, -0.2) is 23.9 Å². The molecule has 1 aliphatic rings. The fraction of sp³-hybridized carbons (Fsp3) is 0.400. The molecule has 29 heavy (non-hydrogen) atoms. The number of hydrogen-bond donors (Lipinski definition) is 2. The van der Waals surface area contributed by atoms with Crippen LogP contribution in [0.25, 0.3) is 27.9 Å². The van der Waals surface area contributed by atoms with Gasteiger partial charge >= 0.3 is 0 Å². The van der Waals surface area contributed by atoms with Crippen LogP contribution < -0.4 is 10.6 Å². The van der Waals surface area contributed by atoms with Crippen molar-refractivity contribution in [2.45, 2.75) is 38.4 Å². The Morgan fingerprint density at radius 3 is 2.83 bits per heavy atom. The molecule has 0 bridgehead atoms. The number of aromatic nitrogens is 6. The fourth-order valence-electron chi connectivity index (χ4n) is 3.95. The normalized spacial score (nSPS) is 19.0. The number of fused-ring (bicyclic) bond motifs is 2. The summed E-state index contributed by atoms with van der Waals surface area (Å²) < 4.78 is 16.6. The smallest absolute Gasteiger partial charge is 0.241 e. The Balaban J connectivity index is 1.46. The summed E-state index contributed by atoms with van der Waals surface area (Å²) in [4.78, 5) is 13.7. The van der Waals surface area contributed by atoms with Gasteiger partial charge in [0, 0.05) is 23.8 Å². The summed E-state index contributed by atoms with van der Waals surface area (Å²) in [6.07, 6.45) is 5.87. The highest BCUT2D eigenvalue weighted by Crippen LogP contribution is 2.27. The first-order valence-electron chi connectivity index (χ1n) is 9.84. The molecule has 4 aromatic rings. The molecule has 8 nitrogen and oxygen atoms in total. The van der Waals surface area contributed by atoms with Gasteiger partial charge in [-0.2, -0.15) is 0 Å². The molecule has 0 spiro atoms. The van der Waals surface area contributed by atoms with E-state index in [9.17, 15) is 4.39 Å². The molecule has 4 aromatic heterocycles. The molecule has 1 aliphatic carbocycles. The third-order valence-electron chi connectivity index (χ3n) is 5.66. The highest BCUT2D eigenvalue weighted by Gasteiger charge is 2.28. The van der Waals surface area contributed by atoms with Gasteiger partial charge in [0.1, 0.15) is 18.0 Å². The molecule has 1 saturated carbocycles. The van der Waals surface area contributed by atoms with Crippen LogP contribution in [0.15, 0.2) is 30.6 Å². The molecule has 0 aromatic carbocycles. The molecule has 150 valence electrons. The number of anilines is 1. The van der Waals surface area contributed by atoms with Crippen LogP contribution in [0.5, 0.6) is 0 Å². The molecule has 1 fully saturated rings. The molecule has 2 N–H and O–H groups in total. The number of hydrogen-bond acceptors (Lipinski definition) is 6. The molecule has 0 radical (unpaired) electrons. The minimum atomic E-state index is -0.451.